The van der Waals surface area contributed by atoms with Gasteiger partial charge in [0.05, 0.1) is 7.11 Å². The third kappa shape index (κ3) is 5.66. The van der Waals surface area contributed by atoms with Crippen molar-refractivity contribution in [3.63, 3.8) is 0 Å². The van der Waals surface area contributed by atoms with E-state index in [2.05, 4.69) is 10.6 Å². The first kappa shape index (κ1) is 20.1. The summed E-state index contributed by atoms with van der Waals surface area (Å²) < 4.78 is 10.0. The Balaban J connectivity index is 1.50. The highest BCUT2D eigenvalue weighted by Crippen LogP contribution is 2.17. The number of benzene rings is 2. The number of hydrogen-bond donors (Lipinski definition) is 2. The van der Waals surface area contributed by atoms with E-state index in [0.717, 1.165) is 0 Å². The Bertz CT molecular complexity index is 983. The summed E-state index contributed by atoms with van der Waals surface area (Å²) in [6.07, 6.45) is 0. The number of thiophene rings is 1. The van der Waals surface area contributed by atoms with Gasteiger partial charge in [-0.1, -0.05) is 6.07 Å². The van der Waals surface area contributed by atoms with Crippen LogP contribution < -0.4 is 15.4 Å². The Kier molecular flexibility index (Phi) is 6.59. The van der Waals surface area contributed by atoms with Gasteiger partial charge in [0.15, 0.2) is 6.61 Å². The van der Waals surface area contributed by atoms with Crippen molar-refractivity contribution in [2.45, 2.75) is 0 Å². The zero-order valence-corrected chi connectivity index (χ0v) is 16.3. The fourth-order valence-electron chi connectivity index (χ4n) is 2.38. The van der Waals surface area contributed by atoms with Crippen LogP contribution in [-0.2, 0) is 9.53 Å². The Morgan fingerprint density at radius 1 is 0.897 bits per heavy atom. The van der Waals surface area contributed by atoms with Crippen LogP contribution in [0.3, 0.4) is 0 Å². The van der Waals surface area contributed by atoms with Crippen LogP contribution in [0, 0.1) is 0 Å². The number of rotatable bonds is 7. The van der Waals surface area contributed by atoms with E-state index in [1.807, 2.05) is 0 Å². The summed E-state index contributed by atoms with van der Waals surface area (Å²) in [5.41, 5.74) is 1.56. The summed E-state index contributed by atoms with van der Waals surface area (Å²) >= 11 is 1.24. The first-order valence-corrected chi connectivity index (χ1v) is 9.49. The van der Waals surface area contributed by atoms with Gasteiger partial charge in [-0.25, -0.2) is 4.79 Å². The molecule has 2 N–H and O–H groups in total. The van der Waals surface area contributed by atoms with Crippen molar-refractivity contribution in [2.75, 3.05) is 24.4 Å². The second kappa shape index (κ2) is 9.52. The molecular weight excluding hydrogens is 392 g/mol. The minimum atomic E-state index is -0.541. The van der Waals surface area contributed by atoms with Crippen LogP contribution in [-0.4, -0.2) is 31.5 Å². The van der Waals surface area contributed by atoms with Crippen molar-refractivity contribution in [1.82, 2.24) is 0 Å². The number of amides is 2. The van der Waals surface area contributed by atoms with E-state index < -0.39 is 18.5 Å². The molecule has 0 unspecified atom stereocenters. The van der Waals surface area contributed by atoms with Gasteiger partial charge in [-0.2, -0.15) is 0 Å². The molecule has 0 atom stereocenters. The molecule has 0 saturated carbocycles. The third-order valence-corrected chi connectivity index (χ3v) is 4.69. The highest BCUT2D eigenvalue weighted by Gasteiger charge is 2.12. The van der Waals surface area contributed by atoms with Gasteiger partial charge < -0.3 is 20.1 Å². The molecule has 29 heavy (non-hydrogen) atoms. The Morgan fingerprint density at radius 3 is 2.17 bits per heavy atom. The summed E-state index contributed by atoms with van der Waals surface area (Å²) in [6.45, 7) is -0.392. The van der Waals surface area contributed by atoms with Crippen LogP contribution in [0.4, 0.5) is 11.4 Å². The van der Waals surface area contributed by atoms with E-state index in [4.69, 9.17) is 9.47 Å². The van der Waals surface area contributed by atoms with E-state index in [1.165, 1.54) is 11.3 Å². The third-order valence-electron chi connectivity index (χ3n) is 3.84. The van der Waals surface area contributed by atoms with E-state index in [-0.39, 0.29) is 5.91 Å². The van der Waals surface area contributed by atoms with Gasteiger partial charge in [0.2, 0.25) is 0 Å². The van der Waals surface area contributed by atoms with Gasteiger partial charge in [-0.05, 0) is 60.0 Å². The standard InChI is InChI=1S/C21H18N2O5S/c1-27-17-10-8-16(9-11-17)23-20(25)14-4-6-15(7-5-14)22-19(24)13-28-21(26)18-3-2-12-29-18/h2-12H,13H2,1H3,(H,22,24)(H,23,25). The molecule has 0 aliphatic rings. The van der Waals surface area contributed by atoms with Crippen molar-refractivity contribution >= 4 is 40.5 Å². The molecule has 0 saturated heterocycles. The summed E-state index contributed by atoms with van der Waals surface area (Å²) in [6, 6.07) is 16.7. The van der Waals surface area contributed by atoms with Gasteiger partial charge in [-0.15, -0.1) is 11.3 Å². The maximum absolute atomic E-state index is 12.3. The topological polar surface area (TPSA) is 93.7 Å². The van der Waals surface area contributed by atoms with Crippen LogP contribution in [0.15, 0.2) is 66.0 Å². The SMILES string of the molecule is COc1ccc(NC(=O)c2ccc(NC(=O)COC(=O)c3cccs3)cc2)cc1. The van der Waals surface area contributed by atoms with Crippen molar-refractivity contribution in [3.05, 3.63) is 76.5 Å². The van der Waals surface area contributed by atoms with Crippen LogP contribution in [0.2, 0.25) is 0 Å². The molecule has 0 aliphatic heterocycles. The molecular formula is C21H18N2O5S. The van der Waals surface area contributed by atoms with E-state index in [1.54, 1.807) is 73.2 Å². The van der Waals surface area contributed by atoms with Gasteiger partial charge in [-0.3, -0.25) is 9.59 Å². The monoisotopic (exact) mass is 410 g/mol. The molecule has 8 heteroatoms. The number of esters is 1. The minimum absolute atomic E-state index is 0.280. The second-order valence-corrected chi connectivity index (χ2v) is 6.81. The highest BCUT2D eigenvalue weighted by atomic mass is 32.1. The van der Waals surface area contributed by atoms with Crippen molar-refractivity contribution in [2.24, 2.45) is 0 Å². The Labute approximate surface area is 171 Å². The predicted molar refractivity (Wildman–Crippen MR) is 111 cm³/mol. The van der Waals surface area contributed by atoms with Crippen molar-refractivity contribution in [3.8, 4) is 5.75 Å². The maximum Gasteiger partial charge on any atom is 0.348 e. The minimum Gasteiger partial charge on any atom is -0.497 e. The zero-order valence-electron chi connectivity index (χ0n) is 15.5. The number of carbonyl (C=O) groups is 3. The smallest absolute Gasteiger partial charge is 0.348 e. The summed E-state index contributed by atoms with van der Waals surface area (Å²) in [5, 5.41) is 7.14. The number of methoxy groups -OCH3 is 1. The van der Waals surface area contributed by atoms with Crippen molar-refractivity contribution < 1.29 is 23.9 Å². The molecule has 2 aromatic carbocycles. The highest BCUT2D eigenvalue weighted by molar-refractivity contribution is 7.11. The van der Waals surface area contributed by atoms with Gasteiger partial charge in [0.25, 0.3) is 11.8 Å². The number of ether oxygens (including phenoxy) is 2. The number of hydrogen-bond acceptors (Lipinski definition) is 6. The molecule has 7 nitrogen and oxygen atoms in total. The lowest BCUT2D eigenvalue weighted by molar-refractivity contribution is -0.119. The predicted octanol–water partition coefficient (Wildman–Crippen LogP) is 3.80. The molecule has 0 aliphatic carbocycles. The molecule has 2 amide bonds. The lowest BCUT2D eigenvalue weighted by Crippen LogP contribution is -2.20. The first-order chi connectivity index (χ1) is 14.0. The molecule has 0 spiro atoms. The average Bonchev–Trinajstić information content (AvgIpc) is 3.28. The van der Waals surface area contributed by atoms with Crippen LogP contribution >= 0.6 is 11.3 Å². The first-order valence-electron chi connectivity index (χ1n) is 8.61. The summed E-state index contributed by atoms with van der Waals surface area (Å²) in [5.74, 6) is -0.590. The van der Waals surface area contributed by atoms with E-state index in [0.29, 0.717) is 27.6 Å². The fraction of sp³-hybridized carbons (Fsp3) is 0.0952. The number of anilines is 2. The lowest BCUT2D eigenvalue weighted by Gasteiger charge is -2.08. The molecule has 0 radical (unpaired) electrons. The Hall–Kier alpha value is -3.65. The molecule has 1 aromatic heterocycles. The quantitative estimate of drug-likeness (QED) is 0.578. The fourth-order valence-corrected chi connectivity index (χ4v) is 2.99. The molecule has 3 rings (SSSR count). The van der Waals surface area contributed by atoms with Crippen LogP contribution in [0.25, 0.3) is 0 Å². The average molecular weight is 410 g/mol. The molecule has 3 aromatic rings. The lowest BCUT2D eigenvalue weighted by atomic mass is 10.2. The van der Waals surface area contributed by atoms with Crippen LogP contribution in [0.1, 0.15) is 20.0 Å². The van der Waals surface area contributed by atoms with Gasteiger partial charge in [0, 0.05) is 16.9 Å². The maximum atomic E-state index is 12.3. The normalized spacial score (nSPS) is 10.1. The zero-order chi connectivity index (χ0) is 20.6. The molecule has 148 valence electrons. The molecule has 0 bridgehead atoms. The molecule has 0 fully saturated rings. The summed E-state index contributed by atoms with van der Waals surface area (Å²) in [4.78, 5) is 36.4. The van der Waals surface area contributed by atoms with E-state index >= 15 is 0 Å². The van der Waals surface area contributed by atoms with Crippen LogP contribution in [0.5, 0.6) is 5.75 Å². The Morgan fingerprint density at radius 2 is 1.55 bits per heavy atom. The van der Waals surface area contributed by atoms with Gasteiger partial charge in [0.1, 0.15) is 10.6 Å². The van der Waals surface area contributed by atoms with Crippen molar-refractivity contribution in [1.29, 1.82) is 0 Å². The summed E-state index contributed by atoms with van der Waals surface area (Å²) in [7, 11) is 1.57. The second-order valence-electron chi connectivity index (χ2n) is 5.86. The number of nitrogens with one attached hydrogen (secondary N) is 2. The van der Waals surface area contributed by atoms with E-state index in [9.17, 15) is 14.4 Å². The largest absolute Gasteiger partial charge is 0.497 e. The molecule has 1 heterocycles. The number of carbonyl (C=O) groups excluding carboxylic acids is 3. The van der Waals surface area contributed by atoms with Gasteiger partial charge >= 0.3 is 5.97 Å².